The Morgan fingerprint density at radius 2 is 1.95 bits per heavy atom. The van der Waals surface area contributed by atoms with Crippen LogP contribution < -0.4 is 5.32 Å². The molecule has 2 heteroatoms. The van der Waals surface area contributed by atoms with Crippen molar-refractivity contribution in [2.75, 3.05) is 7.05 Å². The van der Waals surface area contributed by atoms with E-state index in [1.807, 2.05) is 12.3 Å². The summed E-state index contributed by atoms with van der Waals surface area (Å²) in [5.74, 6) is 0.793. The van der Waals surface area contributed by atoms with E-state index in [0.29, 0.717) is 6.04 Å². The summed E-state index contributed by atoms with van der Waals surface area (Å²) in [5.41, 5.74) is 2.48. The summed E-state index contributed by atoms with van der Waals surface area (Å²) in [6.45, 7) is 4.59. The molecule has 0 bridgehead atoms. The van der Waals surface area contributed by atoms with Crippen LogP contribution in [0.2, 0.25) is 0 Å². The largest absolute Gasteiger partial charge is 0.313 e. The third kappa shape index (κ3) is 4.04. The second kappa shape index (κ2) is 8.14. The predicted molar refractivity (Wildman–Crippen MR) is 91.5 cm³/mol. The highest BCUT2D eigenvalue weighted by molar-refractivity contribution is 5.81. The Labute approximate surface area is 129 Å². The highest BCUT2D eigenvalue weighted by atomic mass is 14.9. The van der Waals surface area contributed by atoms with Gasteiger partial charge in [-0.1, -0.05) is 63.8 Å². The lowest BCUT2D eigenvalue weighted by Gasteiger charge is -2.23. The molecule has 2 rings (SSSR count). The molecule has 0 saturated carbocycles. The van der Waals surface area contributed by atoms with Crippen LogP contribution in [-0.4, -0.2) is 12.0 Å². The van der Waals surface area contributed by atoms with Gasteiger partial charge in [-0.25, -0.2) is 0 Å². The minimum absolute atomic E-state index is 0.394. The molecule has 0 spiro atoms. The van der Waals surface area contributed by atoms with Crippen molar-refractivity contribution in [2.45, 2.75) is 52.0 Å². The molecule has 1 N–H and O–H groups in total. The standard InChI is InChI=1S/C19H28N2/c1-4-6-9-15(5-2)14-18(20-3)17-12-7-10-16-11-8-13-21-19(16)17/h7-8,10-13,15,18,20H,4-6,9,14H2,1-3H3. The van der Waals surface area contributed by atoms with E-state index in [2.05, 4.69) is 55.5 Å². The first-order valence-electron chi connectivity index (χ1n) is 8.31. The van der Waals surface area contributed by atoms with E-state index in [4.69, 9.17) is 0 Å². The van der Waals surface area contributed by atoms with Gasteiger partial charge in [-0.15, -0.1) is 0 Å². The van der Waals surface area contributed by atoms with E-state index in [1.165, 1.54) is 43.1 Å². The normalized spacial score (nSPS) is 14.2. The molecule has 21 heavy (non-hydrogen) atoms. The Kier molecular flexibility index (Phi) is 6.19. The van der Waals surface area contributed by atoms with E-state index in [9.17, 15) is 0 Å². The van der Waals surface area contributed by atoms with Crippen LogP contribution >= 0.6 is 0 Å². The van der Waals surface area contributed by atoms with Crippen LogP contribution in [-0.2, 0) is 0 Å². The lowest BCUT2D eigenvalue weighted by atomic mass is 9.88. The fourth-order valence-corrected chi connectivity index (χ4v) is 3.12. The molecule has 2 unspecified atom stereocenters. The van der Waals surface area contributed by atoms with Gasteiger partial charge in [0.1, 0.15) is 0 Å². The third-order valence-electron chi connectivity index (χ3n) is 4.50. The number of aromatic nitrogens is 1. The number of fused-ring (bicyclic) bond motifs is 1. The molecular formula is C19H28N2. The summed E-state index contributed by atoms with van der Waals surface area (Å²) >= 11 is 0. The Bertz CT molecular complexity index is 545. The molecule has 114 valence electrons. The van der Waals surface area contributed by atoms with Crippen LogP contribution in [0.4, 0.5) is 0 Å². The number of para-hydroxylation sites is 1. The lowest BCUT2D eigenvalue weighted by Crippen LogP contribution is -2.20. The summed E-state index contributed by atoms with van der Waals surface area (Å²) in [6.07, 6.45) is 8.31. The smallest absolute Gasteiger partial charge is 0.0749 e. The number of unbranched alkanes of at least 4 members (excludes halogenated alkanes) is 1. The third-order valence-corrected chi connectivity index (χ3v) is 4.50. The van der Waals surface area contributed by atoms with Crippen LogP contribution in [0.5, 0.6) is 0 Å². The summed E-state index contributed by atoms with van der Waals surface area (Å²) in [5, 5.41) is 4.74. The average Bonchev–Trinajstić information content (AvgIpc) is 2.55. The maximum Gasteiger partial charge on any atom is 0.0749 e. The SMILES string of the molecule is CCCCC(CC)CC(NC)c1cccc2cccnc12. The van der Waals surface area contributed by atoms with E-state index in [0.717, 1.165) is 11.4 Å². The molecule has 1 heterocycles. The van der Waals surface area contributed by atoms with Gasteiger partial charge in [-0.2, -0.15) is 0 Å². The molecular weight excluding hydrogens is 256 g/mol. The van der Waals surface area contributed by atoms with E-state index in [1.54, 1.807) is 0 Å². The van der Waals surface area contributed by atoms with E-state index >= 15 is 0 Å². The number of benzene rings is 1. The molecule has 0 radical (unpaired) electrons. The summed E-state index contributed by atoms with van der Waals surface area (Å²) in [4.78, 5) is 4.61. The molecule has 2 atom stereocenters. The lowest BCUT2D eigenvalue weighted by molar-refractivity contribution is 0.366. The van der Waals surface area contributed by atoms with Crippen LogP contribution in [0.15, 0.2) is 36.5 Å². The molecule has 0 saturated heterocycles. The number of hydrogen-bond donors (Lipinski definition) is 1. The van der Waals surface area contributed by atoms with Crippen molar-refractivity contribution in [3.05, 3.63) is 42.1 Å². The van der Waals surface area contributed by atoms with E-state index < -0.39 is 0 Å². The second-order valence-corrected chi connectivity index (χ2v) is 5.92. The molecule has 0 aliphatic rings. The van der Waals surface area contributed by atoms with Gasteiger partial charge >= 0.3 is 0 Å². The summed E-state index contributed by atoms with van der Waals surface area (Å²) in [6, 6.07) is 11.1. The van der Waals surface area contributed by atoms with Crippen LogP contribution in [0.1, 0.15) is 57.6 Å². The quantitative estimate of drug-likeness (QED) is 0.729. The zero-order valence-electron chi connectivity index (χ0n) is 13.6. The Balaban J connectivity index is 2.22. The van der Waals surface area contributed by atoms with Gasteiger partial charge in [-0.05, 0) is 31.0 Å². The van der Waals surface area contributed by atoms with Crippen molar-refractivity contribution in [1.29, 1.82) is 0 Å². The van der Waals surface area contributed by atoms with Crippen molar-refractivity contribution in [3.63, 3.8) is 0 Å². The molecule has 1 aromatic carbocycles. The average molecular weight is 284 g/mol. The first-order valence-corrected chi connectivity index (χ1v) is 8.31. The van der Waals surface area contributed by atoms with Gasteiger partial charge in [0.25, 0.3) is 0 Å². The van der Waals surface area contributed by atoms with E-state index in [-0.39, 0.29) is 0 Å². The zero-order chi connectivity index (χ0) is 15.1. The number of pyridine rings is 1. The molecule has 0 amide bonds. The highest BCUT2D eigenvalue weighted by Gasteiger charge is 2.17. The topological polar surface area (TPSA) is 24.9 Å². The molecule has 0 aliphatic heterocycles. The Morgan fingerprint density at radius 3 is 2.67 bits per heavy atom. The molecule has 2 nitrogen and oxygen atoms in total. The van der Waals surface area contributed by atoms with Gasteiger partial charge in [0.2, 0.25) is 0 Å². The first-order chi connectivity index (χ1) is 10.3. The van der Waals surface area contributed by atoms with Gasteiger partial charge in [0, 0.05) is 17.6 Å². The number of rotatable bonds is 8. The van der Waals surface area contributed by atoms with Gasteiger partial charge in [-0.3, -0.25) is 4.98 Å². The van der Waals surface area contributed by atoms with Crippen molar-refractivity contribution in [2.24, 2.45) is 5.92 Å². The highest BCUT2D eigenvalue weighted by Crippen LogP contribution is 2.30. The monoisotopic (exact) mass is 284 g/mol. The minimum atomic E-state index is 0.394. The summed E-state index contributed by atoms with van der Waals surface area (Å²) < 4.78 is 0. The Morgan fingerprint density at radius 1 is 1.14 bits per heavy atom. The van der Waals surface area contributed by atoms with Crippen molar-refractivity contribution >= 4 is 10.9 Å². The molecule has 1 aromatic heterocycles. The summed E-state index contributed by atoms with van der Waals surface area (Å²) in [7, 11) is 2.07. The maximum absolute atomic E-state index is 4.61. The fraction of sp³-hybridized carbons (Fsp3) is 0.526. The van der Waals surface area contributed by atoms with Gasteiger partial charge in [0.15, 0.2) is 0 Å². The fourth-order valence-electron chi connectivity index (χ4n) is 3.12. The van der Waals surface area contributed by atoms with Gasteiger partial charge < -0.3 is 5.32 Å². The van der Waals surface area contributed by atoms with Crippen molar-refractivity contribution in [3.8, 4) is 0 Å². The predicted octanol–water partition coefficient (Wildman–Crippen LogP) is 5.10. The number of nitrogens with zero attached hydrogens (tertiary/aromatic N) is 1. The Hall–Kier alpha value is -1.41. The first kappa shape index (κ1) is 16.0. The zero-order valence-corrected chi connectivity index (χ0v) is 13.6. The maximum atomic E-state index is 4.61. The second-order valence-electron chi connectivity index (χ2n) is 5.92. The molecule has 0 aliphatic carbocycles. The van der Waals surface area contributed by atoms with Crippen molar-refractivity contribution < 1.29 is 0 Å². The minimum Gasteiger partial charge on any atom is -0.313 e. The van der Waals surface area contributed by atoms with Crippen LogP contribution in [0.3, 0.4) is 0 Å². The van der Waals surface area contributed by atoms with Crippen LogP contribution in [0, 0.1) is 5.92 Å². The van der Waals surface area contributed by atoms with Gasteiger partial charge in [0.05, 0.1) is 5.52 Å². The number of hydrogen-bond acceptors (Lipinski definition) is 2. The van der Waals surface area contributed by atoms with Crippen LogP contribution in [0.25, 0.3) is 10.9 Å². The molecule has 0 fully saturated rings. The number of nitrogens with one attached hydrogen (secondary N) is 1. The molecule has 2 aromatic rings. The van der Waals surface area contributed by atoms with Crippen molar-refractivity contribution in [1.82, 2.24) is 10.3 Å².